The number of carbonyl (C=O) groups excluding carboxylic acids is 1. The van der Waals surface area contributed by atoms with Crippen molar-refractivity contribution in [2.24, 2.45) is 0 Å². The summed E-state index contributed by atoms with van der Waals surface area (Å²) < 4.78 is 0. The quantitative estimate of drug-likeness (QED) is 0.641. The van der Waals surface area contributed by atoms with E-state index in [0.717, 1.165) is 12.8 Å². The van der Waals surface area contributed by atoms with Gasteiger partial charge in [0.25, 0.3) is 0 Å². The van der Waals surface area contributed by atoms with Crippen LogP contribution in [0.25, 0.3) is 0 Å². The van der Waals surface area contributed by atoms with Gasteiger partial charge in [0.2, 0.25) is 0 Å². The summed E-state index contributed by atoms with van der Waals surface area (Å²) in [5, 5.41) is 0. The molecule has 0 saturated heterocycles. The highest BCUT2D eigenvalue weighted by molar-refractivity contribution is 5.85. The Kier molecular flexibility index (Phi) is 10.8. The minimum Gasteiger partial charge on any atom is -0.371 e. The second-order valence-electron chi connectivity index (χ2n) is 1.78. The maximum Gasteiger partial charge on any atom is 0.324 e. The zero-order valence-electron chi connectivity index (χ0n) is 6.35. The maximum absolute atomic E-state index is 10.5. The Labute approximate surface area is 67.5 Å². The Morgan fingerprint density at radius 2 is 2.20 bits per heavy atom. The number of rotatable bonds is 4. The lowest BCUT2D eigenvalue weighted by Gasteiger charge is -1.98. The van der Waals surface area contributed by atoms with Crippen LogP contribution in [-0.2, 0) is 9.63 Å². The normalized spacial score (nSPS) is 8.20. The highest BCUT2D eigenvalue weighted by atomic mass is 35.5. The molecule has 3 nitrogen and oxygen atoms in total. The third-order valence-corrected chi connectivity index (χ3v) is 0.950. The summed E-state index contributed by atoms with van der Waals surface area (Å²) in [6.07, 6.45) is 2.44. The standard InChI is InChI=1S/C6H13NO2.ClH/c1-3-4-5-6(8)9-7-2;/h7H,3-5H2,1-2H3;1H. The van der Waals surface area contributed by atoms with E-state index in [1.54, 1.807) is 7.05 Å². The van der Waals surface area contributed by atoms with Crippen LogP contribution in [0, 0.1) is 0 Å². The lowest BCUT2D eigenvalue weighted by atomic mass is 10.3. The van der Waals surface area contributed by atoms with Crippen molar-refractivity contribution >= 4 is 18.4 Å². The molecule has 0 aromatic carbocycles. The Hall–Kier alpha value is -0.280. The molecule has 1 N–H and O–H groups in total. The van der Waals surface area contributed by atoms with E-state index in [2.05, 4.69) is 10.3 Å². The summed E-state index contributed by atoms with van der Waals surface area (Å²) in [6, 6.07) is 0. The molecule has 0 unspecified atom stereocenters. The zero-order valence-corrected chi connectivity index (χ0v) is 7.16. The molecule has 0 aromatic rings. The van der Waals surface area contributed by atoms with Crippen LogP contribution in [0.15, 0.2) is 0 Å². The van der Waals surface area contributed by atoms with E-state index >= 15 is 0 Å². The molecule has 10 heavy (non-hydrogen) atoms. The number of unbranched alkanes of at least 4 members (excludes halogenated alkanes) is 1. The van der Waals surface area contributed by atoms with E-state index in [4.69, 9.17) is 0 Å². The van der Waals surface area contributed by atoms with Gasteiger partial charge in [0, 0.05) is 13.5 Å². The number of halogens is 1. The summed E-state index contributed by atoms with van der Waals surface area (Å²) in [7, 11) is 1.57. The van der Waals surface area contributed by atoms with Gasteiger partial charge in [-0.1, -0.05) is 13.3 Å². The number of hydrogen-bond donors (Lipinski definition) is 1. The largest absolute Gasteiger partial charge is 0.371 e. The van der Waals surface area contributed by atoms with Gasteiger partial charge in [-0.25, -0.2) is 0 Å². The predicted octanol–water partition coefficient (Wildman–Crippen LogP) is 1.28. The molecule has 0 fully saturated rings. The molecular formula is C6H14ClNO2. The summed E-state index contributed by atoms with van der Waals surface area (Å²) in [5.74, 6) is -0.181. The van der Waals surface area contributed by atoms with Gasteiger partial charge < -0.3 is 4.84 Å². The maximum atomic E-state index is 10.5. The highest BCUT2D eigenvalue weighted by Crippen LogP contribution is 1.93. The monoisotopic (exact) mass is 167 g/mol. The van der Waals surface area contributed by atoms with Crippen LogP contribution in [0.4, 0.5) is 0 Å². The fourth-order valence-electron chi connectivity index (χ4n) is 0.486. The zero-order chi connectivity index (χ0) is 7.11. The van der Waals surface area contributed by atoms with E-state index in [0.29, 0.717) is 6.42 Å². The second-order valence-corrected chi connectivity index (χ2v) is 1.78. The Balaban J connectivity index is 0. The molecule has 0 heterocycles. The predicted molar refractivity (Wildman–Crippen MR) is 41.9 cm³/mol. The van der Waals surface area contributed by atoms with E-state index in [-0.39, 0.29) is 18.4 Å². The lowest BCUT2D eigenvalue weighted by molar-refractivity contribution is -0.150. The van der Waals surface area contributed by atoms with Crippen molar-refractivity contribution in [3.8, 4) is 0 Å². The molecule has 62 valence electrons. The SMILES string of the molecule is CCCCC(=O)ONC.Cl. The Bertz CT molecular complexity index is 87.8. The fourth-order valence-corrected chi connectivity index (χ4v) is 0.486. The number of hydroxylamine groups is 1. The van der Waals surface area contributed by atoms with Gasteiger partial charge in [-0.05, 0) is 6.42 Å². The van der Waals surface area contributed by atoms with Crippen LogP contribution >= 0.6 is 12.4 Å². The average molecular weight is 168 g/mol. The van der Waals surface area contributed by atoms with Crippen molar-refractivity contribution in [1.82, 2.24) is 5.48 Å². The van der Waals surface area contributed by atoms with Crippen molar-refractivity contribution in [2.75, 3.05) is 7.05 Å². The van der Waals surface area contributed by atoms with Crippen LogP contribution in [0.5, 0.6) is 0 Å². The molecule has 0 aliphatic carbocycles. The third-order valence-electron chi connectivity index (χ3n) is 0.950. The molecule has 0 aliphatic rings. The van der Waals surface area contributed by atoms with E-state index in [9.17, 15) is 4.79 Å². The van der Waals surface area contributed by atoms with Gasteiger partial charge in [-0.15, -0.1) is 12.4 Å². The van der Waals surface area contributed by atoms with Crippen LogP contribution in [-0.4, -0.2) is 13.0 Å². The number of hydrogen-bond acceptors (Lipinski definition) is 3. The van der Waals surface area contributed by atoms with E-state index < -0.39 is 0 Å². The molecule has 0 aliphatic heterocycles. The second kappa shape index (κ2) is 8.72. The first-order valence-electron chi connectivity index (χ1n) is 3.17. The van der Waals surface area contributed by atoms with E-state index in [1.807, 2.05) is 6.92 Å². The van der Waals surface area contributed by atoms with Crippen LogP contribution in [0.3, 0.4) is 0 Å². The minimum atomic E-state index is -0.181. The van der Waals surface area contributed by atoms with Gasteiger partial charge in [0.05, 0.1) is 0 Å². The Morgan fingerprint density at radius 1 is 1.60 bits per heavy atom. The van der Waals surface area contributed by atoms with Gasteiger partial charge >= 0.3 is 5.97 Å². The van der Waals surface area contributed by atoms with Gasteiger partial charge in [-0.2, -0.15) is 5.48 Å². The minimum absolute atomic E-state index is 0. The van der Waals surface area contributed by atoms with E-state index in [1.165, 1.54) is 0 Å². The number of carbonyl (C=O) groups is 1. The average Bonchev–Trinajstić information content (AvgIpc) is 1.85. The lowest BCUT2D eigenvalue weighted by Crippen LogP contribution is -2.14. The molecule has 0 saturated carbocycles. The summed E-state index contributed by atoms with van der Waals surface area (Å²) in [5.41, 5.74) is 2.33. The highest BCUT2D eigenvalue weighted by Gasteiger charge is 1.97. The van der Waals surface area contributed by atoms with Crippen LogP contribution in [0.1, 0.15) is 26.2 Å². The first-order chi connectivity index (χ1) is 4.31. The summed E-state index contributed by atoms with van der Waals surface area (Å²) in [4.78, 5) is 15.0. The van der Waals surface area contributed by atoms with Gasteiger partial charge in [-0.3, -0.25) is 4.79 Å². The fraction of sp³-hybridized carbons (Fsp3) is 0.833. The molecule has 0 atom stereocenters. The van der Waals surface area contributed by atoms with Crippen molar-refractivity contribution < 1.29 is 9.63 Å². The molecule has 0 bridgehead atoms. The van der Waals surface area contributed by atoms with Gasteiger partial charge in [0.15, 0.2) is 0 Å². The molecule has 0 aromatic heterocycles. The van der Waals surface area contributed by atoms with Gasteiger partial charge in [0.1, 0.15) is 0 Å². The third kappa shape index (κ3) is 7.72. The van der Waals surface area contributed by atoms with Crippen LogP contribution < -0.4 is 5.48 Å². The smallest absolute Gasteiger partial charge is 0.324 e. The molecular weight excluding hydrogens is 154 g/mol. The van der Waals surface area contributed by atoms with Crippen molar-refractivity contribution in [2.45, 2.75) is 26.2 Å². The summed E-state index contributed by atoms with van der Waals surface area (Å²) in [6.45, 7) is 2.03. The molecule has 0 amide bonds. The van der Waals surface area contributed by atoms with Crippen molar-refractivity contribution in [3.05, 3.63) is 0 Å². The Morgan fingerprint density at radius 3 is 2.60 bits per heavy atom. The first kappa shape index (κ1) is 12.4. The summed E-state index contributed by atoms with van der Waals surface area (Å²) >= 11 is 0. The topological polar surface area (TPSA) is 38.3 Å². The molecule has 0 rings (SSSR count). The molecule has 0 radical (unpaired) electrons. The molecule has 4 heteroatoms. The van der Waals surface area contributed by atoms with Crippen molar-refractivity contribution in [1.29, 1.82) is 0 Å². The molecule has 0 spiro atoms. The number of nitrogens with one attached hydrogen (secondary N) is 1. The van der Waals surface area contributed by atoms with Crippen molar-refractivity contribution in [3.63, 3.8) is 0 Å². The first-order valence-corrected chi connectivity index (χ1v) is 3.17. The van der Waals surface area contributed by atoms with Crippen LogP contribution in [0.2, 0.25) is 0 Å².